The molecule has 132 valence electrons. The van der Waals surface area contributed by atoms with Crippen LogP contribution in [0.4, 0.5) is 10.1 Å². The number of sulfone groups is 1. The Hall–Kier alpha value is -2.52. The van der Waals surface area contributed by atoms with Gasteiger partial charge in [-0.25, -0.2) is 12.8 Å². The van der Waals surface area contributed by atoms with E-state index in [1.165, 1.54) is 30.3 Å². The van der Waals surface area contributed by atoms with Crippen molar-refractivity contribution in [2.45, 2.75) is 11.3 Å². The maximum Gasteiger partial charge on any atom is 0.239 e. The average molecular weight is 381 g/mol. The van der Waals surface area contributed by atoms with Crippen molar-refractivity contribution < 1.29 is 17.6 Å². The molecule has 0 aliphatic rings. The maximum absolute atomic E-state index is 13.5. The van der Waals surface area contributed by atoms with E-state index in [0.29, 0.717) is 0 Å². The highest BCUT2D eigenvalue weighted by Crippen LogP contribution is 2.12. The van der Waals surface area contributed by atoms with E-state index >= 15 is 0 Å². The molecule has 0 atom stereocenters. The van der Waals surface area contributed by atoms with Crippen LogP contribution in [0.5, 0.6) is 0 Å². The first-order chi connectivity index (χ1) is 11.9. The first-order valence-corrected chi connectivity index (χ1v) is 9.33. The summed E-state index contributed by atoms with van der Waals surface area (Å²) in [5.74, 6) is -1.39. The molecule has 0 radical (unpaired) electrons. The van der Waals surface area contributed by atoms with E-state index in [2.05, 4.69) is 16.2 Å². The van der Waals surface area contributed by atoms with Crippen LogP contribution in [0.15, 0.2) is 59.5 Å². The van der Waals surface area contributed by atoms with Crippen LogP contribution in [-0.2, 0) is 14.6 Å². The fourth-order valence-electron chi connectivity index (χ4n) is 1.88. The molecule has 9 heteroatoms. The van der Waals surface area contributed by atoms with Crippen LogP contribution in [0.25, 0.3) is 0 Å². The number of halogens is 1. The number of rotatable bonds is 5. The van der Waals surface area contributed by atoms with Crippen molar-refractivity contribution in [3.63, 3.8) is 0 Å². The number of thiocarbonyl (C=S) groups is 1. The van der Waals surface area contributed by atoms with Crippen molar-refractivity contribution in [1.29, 1.82) is 0 Å². The van der Waals surface area contributed by atoms with E-state index in [1.54, 1.807) is 24.3 Å². The molecule has 0 unspecified atom stereocenters. The molecule has 0 aliphatic carbocycles. The largest absolute Gasteiger partial charge is 0.329 e. The zero-order chi connectivity index (χ0) is 18.3. The summed E-state index contributed by atoms with van der Waals surface area (Å²) in [5.41, 5.74) is 4.81. The normalized spacial score (nSPS) is 10.8. The van der Waals surface area contributed by atoms with Crippen molar-refractivity contribution >= 4 is 38.8 Å². The highest BCUT2D eigenvalue weighted by atomic mass is 32.2. The molecule has 0 saturated heterocycles. The summed E-state index contributed by atoms with van der Waals surface area (Å²) in [6, 6.07) is 13.8. The zero-order valence-electron chi connectivity index (χ0n) is 13.0. The topological polar surface area (TPSA) is 87.3 Å². The molecule has 2 aromatic rings. The molecule has 25 heavy (non-hydrogen) atoms. The van der Waals surface area contributed by atoms with Gasteiger partial charge in [-0.05, 0) is 36.5 Å². The molecule has 2 aromatic carbocycles. The number of hydrogen-bond acceptors (Lipinski definition) is 4. The van der Waals surface area contributed by atoms with Crippen LogP contribution in [0.1, 0.15) is 6.42 Å². The van der Waals surface area contributed by atoms with Crippen molar-refractivity contribution in [3.8, 4) is 0 Å². The minimum Gasteiger partial charge on any atom is -0.329 e. The highest BCUT2D eigenvalue weighted by Gasteiger charge is 2.16. The molecule has 2 rings (SSSR count). The summed E-state index contributed by atoms with van der Waals surface area (Å²) in [4.78, 5) is 11.9. The molecule has 1 amide bonds. The van der Waals surface area contributed by atoms with Crippen LogP contribution in [0.2, 0.25) is 0 Å². The molecule has 6 nitrogen and oxygen atoms in total. The van der Waals surface area contributed by atoms with Gasteiger partial charge in [0.1, 0.15) is 5.82 Å². The predicted octanol–water partition coefficient (Wildman–Crippen LogP) is 2.01. The Morgan fingerprint density at radius 2 is 1.64 bits per heavy atom. The minimum absolute atomic E-state index is 0.0237. The van der Waals surface area contributed by atoms with E-state index in [4.69, 9.17) is 12.2 Å². The van der Waals surface area contributed by atoms with Crippen LogP contribution in [0.3, 0.4) is 0 Å². The summed E-state index contributed by atoms with van der Waals surface area (Å²) in [5, 5.41) is 2.55. The number of hydrogen-bond donors (Lipinski definition) is 3. The second-order valence-corrected chi connectivity index (χ2v) is 7.51. The van der Waals surface area contributed by atoms with E-state index < -0.39 is 21.6 Å². The van der Waals surface area contributed by atoms with Crippen LogP contribution in [-0.4, -0.2) is 25.2 Å². The van der Waals surface area contributed by atoms with Gasteiger partial charge < -0.3 is 5.32 Å². The molecule has 0 bridgehead atoms. The Morgan fingerprint density at radius 1 is 1.00 bits per heavy atom. The molecule has 0 saturated carbocycles. The van der Waals surface area contributed by atoms with E-state index in [1.807, 2.05) is 0 Å². The van der Waals surface area contributed by atoms with Crippen LogP contribution >= 0.6 is 12.2 Å². The lowest BCUT2D eigenvalue weighted by Crippen LogP contribution is -2.44. The molecular formula is C16H16FN3O3S2. The van der Waals surface area contributed by atoms with Gasteiger partial charge >= 0.3 is 0 Å². The van der Waals surface area contributed by atoms with Crippen molar-refractivity contribution in [1.82, 2.24) is 10.9 Å². The summed E-state index contributed by atoms with van der Waals surface area (Å²) in [6.07, 6.45) is -0.244. The molecule has 0 heterocycles. The quantitative estimate of drug-likeness (QED) is 0.543. The highest BCUT2D eigenvalue weighted by molar-refractivity contribution is 7.91. The van der Waals surface area contributed by atoms with Gasteiger partial charge in [0.15, 0.2) is 14.9 Å². The Morgan fingerprint density at radius 3 is 2.32 bits per heavy atom. The van der Waals surface area contributed by atoms with Crippen molar-refractivity contribution in [3.05, 3.63) is 60.4 Å². The lowest BCUT2D eigenvalue weighted by Gasteiger charge is -2.12. The monoisotopic (exact) mass is 381 g/mol. The Bertz CT molecular complexity index is 858. The molecule has 0 aromatic heterocycles. The number of carbonyl (C=O) groups is 1. The third kappa shape index (κ3) is 5.80. The summed E-state index contributed by atoms with van der Waals surface area (Å²) in [7, 11) is -3.53. The second-order valence-electron chi connectivity index (χ2n) is 4.99. The molecule has 3 N–H and O–H groups in total. The summed E-state index contributed by atoms with van der Waals surface area (Å²) >= 11 is 4.93. The van der Waals surface area contributed by atoms with Crippen LogP contribution in [0, 0.1) is 5.82 Å². The number of nitrogens with one attached hydrogen (secondary N) is 3. The van der Waals surface area contributed by atoms with Gasteiger partial charge in [0, 0.05) is 6.42 Å². The third-order valence-corrected chi connectivity index (χ3v) is 5.07. The average Bonchev–Trinajstić information content (AvgIpc) is 2.61. The number of benzene rings is 2. The number of carbonyl (C=O) groups excluding carboxylic acids is 1. The predicted molar refractivity (Wildman–Crippen MR) is 97.0 cm³/mol. The smallest absolute Gasteiger partial charge is 0.239 e. The van der Waals surface area contributed by atoms with Gasteiger partial charge in [0.25, 0.3) is 0 Å². The van der Waals surface area contributed by atoms with Gasteiger partial charge in [-0.3, -0.25) is 15.6 Å². The Balaban J connectivity index is 1.79. The van der Waals surface area contributed by atoms with Crippen LogP contribution < -0.4 is 16.2 Å². The maximum atomic E-state index is 13.5. The number of anilines is 1. The zero-order valence-corrected chi connectivity index (χ0v) is 14.7. The molecule has 0 spiro atoms. The number of amides is 1. The Labute approximate surface area is 150 Å². The van der Waals surface area contributed by atoms with Gasteiger partial charge in [0.2, 0.25) is 5.91 Å². The SMILES string of the molecule is O=C(CCS(=O)(=O)c1ccccc1)NNC(=S)Nc1ccccc1F. The number of para-hydroxylation sites is 1. The fourth-order valence-corrected chi connectivity index (χ4v) is 3.30. The van der Waals surface area contributed by atoms with Crippen molar-refractivity contribution in [2.24, 2.45) is 0 Å². The number of hydrazine groups is 1. The van der Waals surface area contributed by atoms with Crippen molar-refractivity contribution in [2.75, 3.05) is 11.1 Å². The van der Waals surface area contributed by atoms with E-state index in [9.17, 15) is 17.6 Å². The van der Waals surface area contributed by atoms with Gasteiger partial charge in [0.05, 0.1) is 16.3 Å². The first-order valence-electron chi connectivity index (χ1n) is 7.26. The Kier molecular flexibility index (Phi) is 6.43. The lowest BCUT2D eigenvalue weighted by molar-refractivity contribution is -0.121. The second kappa shape index (κ2) is 8.54. The minimum atomic E-state index is -3.53. The van der Waals surface area contributed by atoms with Gasteiger partial charge in [-0.2, -0.15) is 0 Å². The molecule has 0 fully saturated rings. The van der Waals surface area contributed by atoms with Gasteiger partial charge in [-0.15, -0.1) is 0 Å². The van der Waals surface area contributed by atoms with E-state index in [-0.39, 0.29) is 27.9 Å². The summed E-state index contributed by atoms with van der Waals surface area (Å²) < 4.78 is 37.6. The summed E-state index contributed by atoms with van der Waals surface area (Å²) in [6.45, 7) is 0. The standard InChI is InChI=1S/C16H16FN3O3S2/c17-13-8-4-5-9-14(13)18-16(24)20-19-15(21)10-11-25(22,23)12-6-2-1-3-7-12/h1-9H,10-11H2,(H,19,21)(H2,18,20,24). The molecule has 0 aliphatic heterocycles. The molecular weight excluding hydrogens is 365 g/mol. The van der Waals surface area contributed by atoms with E-state index in [0.717, 1.165) is 0 Å². The van der Waals surface area contributed by atoms with Gasteiger partial charge in [-0.1, -0.05) is 30.3 Å². The third-order valence-electron chi connectivity index (χ3n) is 3.14. The first kappa shape index (κ1) is 18.8. The fraction of sp³-hybridized carbons (Fsp3) is 0.125. The lowest BCUT2D eigenvalue weighted by atomic mass is 10.3.